The summed E-state index contributed by atoms with van der Waals surface area (Å²) in [7, 11) is 0. The summed E-state index contributed by atoms with van der Waals surface area (Å²) < 4.78 is 0. The zero-order chi connectivity index (χ0) is 10.6. The molecule has 0 radical (unpaired) electrons. The van der Waals surface area contributed by atoms with Crippen molar-refractivity contribution in [1.82, 2.24) is 0 Å². The van der Waals surface area contributed by atoms with Crippen LogP contribution in [-0.4, -0.2) is 5.11 Å². The van der Waals surface area contributed by atoms with E-state index in [1.165, 1.54) is 5.56 Å². The number of hydrogen-bond donors (Lipinski definition) is 1. The highest BCUT2D eigenvalue weighted by molar-refractivity contribution is 5.27. The molecular weight excluding hydrogens is 172 g/mol. The van der Waals surface area contributed by atoms with Crippen molar-refractivity contribution >= 4 is 0 Å². The van der Waals surface area contributed by atoms with Gasteiger partial charge in [0.2, 0.25) is 0 Å². The van der Waals surface area contributed by atoms with Crippen molar-refractivity contribution in [3.05, 3.63) is 35.4 Å². The first-order chi connectivity index (χ1) is 6.60. The number of hydrogen-bond acceptors (Lipinski definition) is 1. The Labute approximate surface area is 86.8 Å². The molecule has 0 aliphatic rings. The molecule has 1 aromatic carbocycles. The average molecular weight is 192 g/mol. The largest absolute Gasteiger partial charge is 0.385 e. The molecule has 1 heteroatoms. The van der Waals surface area contributed by atoms with Crippen LogP contribution in [0.25, 0.3) is 0 Å². The Morgan fingerprint density at radius 3 is 2.57 bits per heavy atom. The van der Waals surface area contributed by atoms with Gasteiger partial charge in [0.25, 0.3) is 0 Å². The summed E-state index contributed by atoms with van der Waals surface area (Å²) in [5, 5.41) is 10.2. The zero-order valence-electron chi connectivity index (χ0n) is 9.38. The average Bonchev–Trinajstić information content (AvgIpc) is 2.18. The maximum Gasteiger partial charge on any atom is 0.0868 e. The third-order valence-electron chi connectivity index (χ3n) is 2.69. The Hall–Kier alpha value is -0.820. The van der Waals surface area contributed by atoms with Crippen molar-refractivity contribution in [3.63, 3.8) is 0 Å². The summed E-state index contributed by atoms with van der Waals surface area (Å²) in [6.45, 7) is 6.12. The second kappa shape index (κ2) is 4.61. The van der Waals surface area contributed by atoms with E-state index in [-0.39, 0.29) is 0 Å². The van der Waals surface area contributed by atoms with Gasteiger partial charge in [-0.15, -0.1) is 0 Å². The quantitative estimate of drug-likeness (QED) is 0.776. The van der Waals surface area contributed by atoms with Gasteiger partial charge in [-0.05, 0) is 30.9 Å². The summed E-state index contributed by atoms with van der Waals surface area (Å²) in [6, 6.07) is 8.24. The van der Waals surface area contributed by atoms with Crippen molar-refractivity contribution in [2.75, 3.05) is 0 Å². The minimum Gasteiger partial charge on any atom is -0.385 e. The minimum absolute atomic E-state index is 0.667. The van der Waals surface area contributed by atoms with Crippen molar-refractivity contribution in [2.45, 2.75) is 45.6 Å². The third kappa shape index (κ3) is 2.58. The monoisotopic (exact) mass is 192 g/mol. The second-order valence-corrected chi connectivity index (χ2v) is 4.08. The summed E-state index contributed by atoms with van der Waals surface area (Å²) in [5.74, 6) is 0. The summed E-state index contributed by atoms with van der Waals surface area (Å²) >= 11 is 0. The molecule has 0 bridgehead atoms. The van der Waals surface area contributed by atoms with Crippen molar-refractivity contribution in [1.29, 1.82) is 0 Å². The fourth-order valence-corrected chi connectivity index (χ4v) is 1.76. The molecule has 78 valence electrons. The predicted molar refractivity (Wildman–Crippen MR) is 60.3 cm³/mol. The summed E-state index contributed by atoms with van der Waals surface area (Å²) in [4.78, 5) is 0. The van der Waals surface area contributed by atoms with Gasteiger partial charge in [-0.3, -0.25) is 0 Å². The normalized spacial score (nSPS) is 15.1. The SMILES string of the molecule is CCC[C@](C)(O)c1cccc(CC)c1. The van der Waals surface area contributed by atoms with E-state index in [9.17, 15) is 5.11 Å². The van der Waals surface area contributed by atoms with Gasteiger partial charge < -0.3 is 5.11 Å². The van der Waals surface area contributed by atoms with Crippen LogP contribution in [0.1, 0.15) is 44.7 Å². The number of rotatable bonds is 4. The van der Waals surface area contributed by atoms with Crippen LogP contribution < -0.4 is 0 Å². The molecule has 14 heavy (non-hydrogen) atoms. The molecule has 1 nitrogen and oxygen atoms in total. The van der Waals surface area contributed by atoms with E-state index in [0.717, 1.165) is 24.8 Å². The van der Waals surface area contributed by atoms with Gasteiger partial charge in [-0.2, -0.15) is 0 Å². The first kappa shape index (κ1) is 11.3. The van der Waals surface area contributed by atoms with E-state index in [0.29, 0.717) is 0 Å². The Balaban J connectivity index is 2.93. The van der Waals surface area contributed by atoms with Gasteiger partial charge in [0.05, 0.1) is 5.60 Å². The summed E-state index contributed by atoms with van der Waals surface area (Å²) in [6.07, 6.45) is 2.85. The van der Waals surface area contributed by atoms with Gasteiger partial charge in [0, 0.05) is 0 Å². The van der Waals surface area contributed by atoms with Crippen LogP contribution in [0.4, 0.5) is 0 Å². The van der Waals surface area contributed by atoms with Crippen molar-refractivity contribution in [2.24, 2.45) is 0 Å². The lowest BCUT2D eigenvalue weighted by molar-refractivity contribution is 0.0469. The third-order valence-corrected chi connectivity index (χ3v) is 2.69. The number of aliphatic hydroxyl groups is 1. The molecule has 0 aromatic heterocycles. The Morgan fingerprint density at radius 1 is 1.29 bits per heavy atom. The van der Waals surface area contributed by atoms with E-state index >= 15 is 0 Å². The molecule has 0 aliphatic carbocycles. The minimum atomic E-state index is -0.667. The van der Waals surface area contributed by atoms with E-state index in [1.54, 1.807) is 0 Å². The number of benzene rings is 1. The van der Waals surface area contributed by atoms with Crippen LogP contribution in [0.5, 0.6) is 0 Å². The lowest BCUT2D eigenvalue weighted by Crippen LogP contribution is -2.20. The standard InChI is InChI=1S/C13H20O/c1-4-9-13(3,14)12-8-6-7-11(5-2)10-12/h6-8,10,14H,4-5,9H2,1-3H3/t13-/m0/s1. The van der Waals surface area contributed by atoms with Gasteiger partial charge >= 0.3 is 0 Å². The fraction of sp³-hybridized carbons (Fsp3) is 0.538. The lowest BCUT2D eigenvalue weighted by atomic mass is 9.90. The second-order valence-electron chi connectivity index (χ2n) is 4.08. The van der Waals surface area contributed by atoms with Crippen LogP contribution >= 0.6 is 0 Å². The molecule has 1 rings (SSSR count). The molecule has 1 atom stereocenters. The Kier molecular flexibility index (Phi) is 3.70. The van der Waals surface area contributed by atoms with Gasteiger partial charge in [-0.25, -0.2) is 0 Å². The van der Waals surface area contributed by atoms with Crippen LogP contribution in [0.15, 0.2) is 24.3 Å². The van der Waals surface area contributed by atoms with Gasteiger partial charge in [-0.1, -0.05) is 44.5 Å². The van der Waals surface area contributed by atoms with E-state index < -0.39 is 5.60 Å². The molecule has 1 N–H and O–H groups in total. The molecular formula is C13H20O. The molecule has 0 unspecified atom stereocenters. The van der Waals surface area contributed by atoms with Crippen LogP contribution in [0.3, 0.4) is 0 Å². The molecule has 0 fully saturated rings. The molecule has 0 heterocycles. The molecule has 0 saturated heterocycles. The number of aryl methyl sites for hydroxylation is 1. The van der Waals surface area contributed by atoms with Crippen molar-refractivity contribution in [3.8, 4) is 0 Å². The maximum absolute atomic E-state index is 10.2. The van der Waals surface area contributed by atoms with E-state index in [2.05, 4.69) is 26.0 Å². The highest BCUT2D eigenvalue weighted by Gasteiger charge is 2.21. The lowest BCUT2D eigenvalue weighted by Gasteiger charge is -2.23. The van der Waals surface area contributed by atoms with Crippen LogP contribution in [-0.2, 0) is 12.0 Å². The van der Waals surface area contributed by atoms with E-state index in [1.807, 2.05) is 19.1 Å². The first-order valence-corrected chi connectivity index (χ1v) is 5.42. The molecule has 0 saturated carbocycles. The van der Waals surface area contributed by atoms with Gasteiger partial charge in [0.15, 0.2) is 0 Å². The maximum atomic E-state index is 10.2. The first-order valence-electron chi connectivity index (χ1n) is 5.42. The zero-order valence-corrected chi connectivity index (χ0v) is 9.38. The highest BCUT2D eigenvalue weighted by atomic mass is 16.3. The Bertz CT molecular complexity index is 289. The fourth-order valence-electron chi connectivity index (χ4n) is 1.76. The predicted octanol–water partition coefficient (Wildman–Crippen LogP) is 3.26. The van der Waals surface area contributed by atoms with Crippen LogP contribution in [0.2, 0.25) is 0 Å². The Morgan fingerprint density at radius 2 is 2.00 bits per heavy atom. The smallest absolute Gasteiger partial charge is 0.0868 e. The van der Waals surface area contributed by atoms with E-state index in [4.69, 9.17) is 0 Å². The summed E-state index contributed by atoms with van der Waals surface area (Å²) in [5.41, 5.74) is 1.66. The molecule has 0 amide bonds. The molecule has 1 aromatic rings. The highest BCUT2D eigenvalue weighted by Crippen LogP contribution is 2.26. The topological polar surface area (TPSA) is 20.2 Å². The molecule has 0 spiro atoms. The molecule has 0 aliphatic heterocycles. The van der Waals surface area contributed by atoms with Gasteiger partial charge in [0.1, 0.15) is 0 Å². The van der Waals surface area contributed by atoms with Crippen LogP contribution in [0, 0.1) is 0 Å². The van der Waals surface area contributed by atoms with Crippen molar-refractivity contribution < 1.29 is 5.11 Å².